The van der Waals surface area contributed by atoms with Crippen LogP contribution in [0.3, 0.4) is 0 Å². The summed E-state index contributed by atoms with van der Waals surface area (Å²) >= 11 is 0. The molecule has 0 heterocycles. The Labute approximate surface area is 94.1 Å². The molecule has 1 aliphatic carbocycles. The topological polar surface area (TPSA) is 20.2 Å². The summed E-state index contributed by atoms with van der Waals surface area (Å²) < 4.78 is 27.0. The average Bonchev–Trinajstić information content (AvgIpc) is 2.73. The van der Waals surface area contributed by atoms with Crippen molar-refractivity contribution in [3.05, 3.63) is 35.4 Å². The van der Waals surface area contributed by atoms with Gasteiger partial charge in [-0.05, 0) is 36.8 Å². The van der Waals surface area contributed by atoms with Crippen molar-refractivity contribution in [1.29, 1.82) is 0 Å². The van der Waals surface area contributed by atoms with Crippen molar-refractivity contribution in [2.45, 2.75) is 32.1 Å². The molecule has 0 amide bonds. The van der Waals surface area contributed by atoms with Crippen LogP contribution in [0.5, 0.6) is 0 Å². The number of benzene rings is 1. The molecule has 2 rings (SSSR count). The van der Waals surface area contributed by atoms with Crippen LogP contribution in [0.2, 0.25) is 0 Å². The molecule has 0 spiro atoms. The highest BCUT2D eigenvalue weighted by Gasteiger charge is 2.34. The second-order valence-electron chi connectivity index (χ2n) is 4.74. The van der Waals surface area contributed by atoms with Crippen LogP contribution in [0.1, 0.15) is 31.2 Å². The van der Waals surface area contributed by atoms with Crippen molar-refractivity contribution in [3.63, 3.8) is 0 Å². The molecule has 1 fully saturated rings. The quantitative estimate of drug-likeness (QED) is 0.839. The van der Waals surface area contributed by atoms with E-state index >= 15 is 0 Å². The predicted octanol–water partition coefficient (Wildman–Crippen LogP) is 3.06. The van der Waals surface area contributed by atoms with E-state index in [4.69, 9.17) is 0 Å². The molecule has 1 saturated carbocycles. The first kappa shape index (κ1) is 11.5. The van der Waals surface area contributed by atoms with Gasteiger partial charge in [-0.3, -0.25) is 0 Å². The first-order valence-corrected chi connectivity index (χ1v) is 5.71. The van der Waals surface area contributed by atoms with E-state index in [-0.39, 0.29) is 17.6 Å². The summed E-state index contributed by atoms with van der Waals surface area (Å²) in [6.45, 7) is 0.0147. The summed E-state index contributed by atoms with van der Waals surface area (Å²) in [4.78, 5) is 0. The van der Waals surface area contributed by atoms with Crippen molar-refractivity contribution < 1.29 is 13.9 Å². The van der Waals surface area contributed by atoms with Crippen molar-refractivity contribution in [1.82, 2.24) is 0 Å². The lowest BCUT2D eigenvalue weighted by molar-refractivity contribution is 0.128. The van der Waals surface area contributed by atoms with Gasteiger partial charge in [0.15, 0.2) is 0 Å². The van der Waals surface area contributed by atoms with Crippen LogP contribution in [-0.2, 0) is 6.42 Å². The standard InChI is InChI=1S/C13H16F2O/c14-11-4-3-5-12(15)10(11)8-13(9-16)6-1-2-7-13/h3-5,16H,1-2,6-9H2. The Morgan fingerprint density at radius 3 is 2.19 bits per heavy atom. The zero-order valence-corrected chi connectivity index (χ0v) is 9.18. The number of aliphatic hydroxyl groups excluding tert-OH is 1. The number of halogens is 2. The molecule has 0 saturated heterocycles. The summed E-state index contributed by atoms with van der Waals surface area (Å²) in [6.07, 6.45) is 4.10. The monoisotopic (exact) mass is 226 g/mol. The van der Waals surface area contributed by atoms with Gasteiger partial charge >= 0.3 is 0 Å². The predicted molar refractivity (Wildman–Crippen MR) is 58.0 cm³/mol. The number of rotatable bonds is 3. The Morgan fingerprint density at radius 1 is 1.12 bits per heavy atom. The van der Waals surface area contributed by atoms with Gasteiger partial charge < -0.3 is 5.11 Å². The van der Waals surface area contributed by atoms with Crippen LogP contribution in [0.4, 0.5) is 8.78 Å². The van der Waals surface area contributed by atoms with E-state index in [0.29, 0.717) is 6.42 Å². The highest BCUT2D eigenvalue weighted by atomic mass is 19.1. The number of aliphatic hydroxyl groups is 1. The first-order valence-electron chi connectivity index (χ1n) is 5.71. The summed E-state index contributed by atoms with van der Waals surface area (Å²) in [5.41, 5.74) is -0.179. The van der Waals surface area contributed by atoms with Gasteiger partial charge in [-0.15, -0.1) is 0 Å². The number of hydrogen-bond acceptors (Lipinski definition) is 1. The van der Waals surface area contributed by atoms with Crippen molar-refractivity contribution >= 4 is 0 Å². The summed E-state index contributed by atoms with van der Waals surface area (Å²) in [5.74, 6) is -1.00. The van der Waals surface area contributed by atoms with Crippen LogP contribution in [-0.4, -0.2) is 11.7 Å². The summed E-state index contributed by atoms with van der Waals surface area (Å²) in [5, 5.41) is 9.41. The fourth-order valence-corrected chi connectivity index (χ4v) is 2.59. The molecular weight excluding hydrogens is 210 g/mol. The van der Waals surface area contributed by atoms with E-state index in [1.807, 2.05) is 0 Å². The molecule has 0 aliphatic heterocycles. The van der Waals surface area contributed by atoms with Crippen LogP contribution < -0.4 is 0 Å². The Kier molecular flexibility index (Phi) is 3.24. The van der Waals surface area contributed by atoms with Crippen LogP contribution in [0, 0.1) is 17.0 Å². The Bertz CT molecular complexity index is 350. The van der Waals surface area contributed by atoms with E-state index in [0.717, 1.165) is 25.7 Å². The Balaban J connectivity index is 2.25. The third kappa shape index (κ3) is 2.09. The van der Waals surface area contributed by atoms with Crippen molar-refractivity contribution in [3.8, 4) is 0 Å². The Hall–Kier alpha value is -0.960. The molecule has 0 aromatic heterocycles. The van der Waals surface area contributed by atoms with Gasteiger partial charge in [-0.2, -0.15) is 0 Å². The normalized spacial score (nSPS) is 18.9. The van der Waals surface area contributed by atoms with Gasteiger partial charge in [-0.25, -0.2) is 8.78 Å². The fraction of sp³-hybridized carbons (Fsp3) is 0.538. The third-order valence-electron chi connectivity index (χ3n) is 3.61. The highest BCUT2D eigenvalue weighted by molar-refractivity contribution is 5.21. The molecule has 88 valence electrons. The van der Waals surface area contributed by atoms with E-state index in [2.05, 4.69) is 0 Å². The zero-order chi connectivity index (χ0) is 11.6. The lowest BCUT2D eigenvalue weighted by atomic mass is 9.80. The Morgan fingerprint density at radius 2 is 1.69 bits per heavy atom. The molecule has 1 N–H and O–H groups in total. The molecule has 1 aliphatic rings. The van der Waals surface area contributed by atoms with E-state index in [1.54, 1.807) is 0 Å². The maximum atomic E-state index is 13.5. The second-order valence-corrected chi connectivity index (χ2v) is 4.74. The molecule has 0 atom stereocenters. The maximum Gasteiger partial charge on any atom is 0.129 e. The van der Waals surface area contributed by atoms with Crippen LogP contribution in [0.25, 0.3) is 0 Å². The first-order chi connectivity index (χ1) is 7.67. The smallest absolute Gasteiger partial charge is 0.129 e. The molecule has 1 aromatic rings. The van der Waals surface area contributed by atoms with Gasteiger partial charge in [0.2, 0.25) is 0 Å². The minimum Gasteiger partial charge on any atom is -0.396 e. The highest BCUT2D eigenvalue weighted by Crippen LogP contribution is 2.41. The third-order valence-corrected chi connectivity index (χ3v) is 3.61. The summed E-state index contributed by atoms with van der Waals surface area (Å²) in [6, 6.07) is 3.92. The molecule has 0 unspecified atom stereocenters. The number of hydrogen-bond donors (Lipinski definition) is 1. The molecule has 1 nitrogen and oxygen atoms in total. The summed E-state index contributed by atoms with van der Waals surface area (Å²) in [7, 11) is 0. The van der Waals surface area contributed by atoms with E-state index in [9.17, 15) is 13.9 Å². The van der Waals surface area contributed by atoms with Gasteiger partial charge in [0.25, 0.3) is 0 Å². The van der Waals surface area contributed by atoms with Crippen LogP contribution >= 0.6 is 0 Å². The lowest BCUT2D eigenvalue weighted by Gasteiger charge is -2.26. The average molecular weight is 226 g/mol. The minimum atomic E-state index is -0.500. The van der Waals surface area contributed by atoms with E-state index in [1.165, 1.54) is 18.2 Å². The maximum absolute atomic E-state index is 13.5. The molecule has 0 radical (unpaired) electrons. The molecule has 0 bridgehead atoms. The van der Waals surface area contributed by atoms with Gasteiger partial charge in [0, 0.05) is 12.2 Å². The van der Waals surface area contributed by atoms with E-state index < -0.39 is 11.6 Å². The lowest BCUT2D eigenvalue weighted by Crippen LogP contribution is -2.25. The second kappa shape index (κ2) is 4.50. The van der Waals surface area contributed by atoms with Crippen molar-refractivity contribution in [2.24, 2.45) is 5.41 Å². The zero-order valence-electron chi connectivity index (χ0n) is 9.18. The molecule has 16 heavy (non-hydrogen) atoms. The van der Waals surface area contributed by atoms with Crippen LogP contribution in [0.15, 0.2) is 18.2 Å². The fourth-order valence-electron chi connectivity index (χ4n) is 2.59. The SMILES string of the molecule is OCC1(Cc2c(F)cccc2F)CCCC1. The largest absolute Gasteiger partial charge is 0.396 e. The van der Waals surface area contributed by atoms with Gasteiger partial charge in [-0.1, -0.05) is 18.9 Å². The minimum absolute atomic E-state index is 0.0147. The molecular formula is C13H16F2O. The molecule has 3 heteroatoms. The molecule has 1 aromatic carbocycles. The van der Waals surface area contributed by atoms with Gasteiger partial charge in [0.1, 0.15) is 11.6 Å². The van der Waals surface area contributed by atoms with Gasteiger partial charge in [0.05, 0.1) is 0 Å². The van der Waals surface area contributed by atoms with Crippen molar-refractivity contribution in [2.75, 3.05) is 6.61 Å².